The first-order valence-electron chi connectivity index (χ1n) is 8.16. The van der Waals surface area contributed by atoms with E-state index in [-0.39, 0.29) is 0 Å². The third-order valence-electron chi connectivity index (χ3n) is 4.37. The predicted molar refractivity (Wildman–Crippen MR) is 90.1 cm³/mol. The lowest BCUT2D eigenvalue weighted by Gasteiger charge is -2.10. The van der Waals surface area contributed by atoms with Gasteiger partial charge in [0.1, 0.15) is 6.10 Å². The van der Waals surface area contributed by atoms with E-state index in [4.69, 9.17) is 0 Å². The average molecular weight is 300 g/mol. The molecule has 2 heteroatoms. The van der Waals surface area contributed by atoms with E-state index in [0.29, 0.717) is 0 Å². The number of aliphatic hydroxyl groups excluding tert-OH is 1. The SMILES string of the molecule is CCCc1ccc(C(O)c2cc3c(s2)CCCCC3)cc1. The van der Waals surface area contributed by atoms with Gasteiger partial charge in [-0.05, 0) is 54.9 Å². The summed E-state index contributed by atoms with van der Waals surface area (Å²) in [6, 6.07) is 10.7. The third-order valence-corrected chi connectivity index (χ3v) is 5.66. The lowest BCUT2D eigenvalue weighted by Crippen LogP contribution is -1.97. The van der Waals surface area contributed by atoms with Crippen LogP contribution in [0.3, 0.4) is 0 Å². The van der Waals surface area contributed by atoms with E-state index < -0.39 is 6.10 Å². The Balaban J connectivity index is 1.79. The molecule has 0 spiro atoms. The summed E-state index contributed by atoms with van der Waals surface area (Å²) in [5.41, 5.74) is 3.86. The number of rotatable bonds is 4. The largest absolute Gasteiger partial charge is 0.383 e. The summed E-state index contributed by atoms with van der Waals surface area (Å²) in [5, 5.41) is 10.6. The first-order chi connectivity index (χ1) is 10.3. The number of aliphatic hydroxyl groups is 1. The molecule has 0 fully saturated rings. The van der Waals surface area contributed by atoms with Crippen LogP contribution in [-0.4, -0.2) is 5.11 Å². The Kier molecular flexibility index (Phi) is 4.77. The zero-order chi connectivity index (χ0) is 14.7. The third kappa shape index (κ3) is 3.38. The molecule has 0 radical (unpaired) electrons. The molecule has 3 rings (SSSR count). The Morgan fingerprint density at radius 2 is 1.86 bits per heavy atom. The van der Waals surface area contributed by atoms with Crippen LogP contribution in [0.15, 0.2) is 30.3 Å². The van der Waals surface area contributed by atoms with Crippen molar-refractivity contribution in [2.24, 2.45) is 0 Å². The van der Waals surface area contributed by atoms with Crippen molar-refractivity contribution >= 4 is 11.3 Å². The van der Waals surface area contributed by atoms with E-state index in [9.17, 15) is 5.11 Å². The summed E-state index contributed by atoms with van der Waals surface area (Å²) in [4.78, 5) is 2.62. The molecule has 21 heavy (non-hydrogen) atoms. The Morgan fingerprint density at radius 1 is 1.10 bits per heavy atom. The van der Waals surface area contributed by atoms with E-state index in [1.54, 1.807) is 0 Å². The first-order valence-corrected chi connectivity index (χ1v) is 8.98. The number of fused-ring (bicyclic) bond motifs is 1. The highest BCUT2D eigenvalue weighted by molar-refractivity contribution is 7.12. The van der Waals surface area contributed by atoms with Crippen LogP contribution in [0.5, 0.6) is 0 Å². The summed E-state index contributed by atoms with van der Waals surface area (Å²) in [5.74, 6) is 0. The minimum atomic E-state index is -0.461. The number of aryl methyl sites for hydroxylation is 3. The van der Waals surface area contributed by atoms with Gasteiger partial charge >= 0.3 is 0 Å². The molecule has 1 unspecified atom stereocenters. The van der Waals surface area contributed by atoms with E-state index in [1.807, 2.05) is 11.3 Å². The van der Waals surface area contributed by atoms with Crippen molar-refractivity contribution in [3.8, 4) is 0 Å². The normalized spacial score (nSPS) is 16.3. The number of hydrogen-bond acceptors (Lipinski definition) is 2. The maximum absolute atomic E-state index is 10.6. The molecule has 1 atom stereocenters. The van der Waals surface area contributed by atoms with Crippen molar-refractivity contribution in [3.05, 3.63) is 56.8 Å². The quantitative estimate of drug-likeness (QED) is 0.783. The molecule has 0 amide bonds. The number of hydrogen-bond donors (Lipinski definition) is 1. The lowest BCUT2D eigenvalue weighted by molar-refractivity contribution is 0.224. The fraction of sp³-hybridized carbons (Fsp3) is 0.474. The van der Waals surface area contributed by atoms with Crippen LogP contribution < -0.4 is 0 Å². The van der Waals surface area contributed by atoms with Crippen molar-refractivity contribution in [2.45, 2.75) is 58.0 Å². The Hall–Kier alpha value is -1.12. The smallest absolute Gasteiger partial charge is 0.113 e. The van der Waals surface area contributed by atoms with Gasteiger partial charge in [0.2, 0.25) is 0 Å². The highest BCUT2D eigenvalue weighted by Crippen LogP contribution is 2.34. The van der Waals surface area contributed by atoms with Crippen molar-refractivity contribution in [1.29, 1.82) is 0 Å². The van der Waals surface area contributed by atoms with Crippen molar-refractivity contribution < 1.29 is 5.11 Å². The van der Waals surface area contributed by atoms with Gasteiger partial charge in [-0.15, -0.1) is 11.3 Å². The van der Waals surface area contributed by atoms with Gasteiger partial charge in [0.15, 0.2) is 0 Å². The maximum Gasteiger partial charge on any atom is 0.113 e. The van der Waals surface area contributed by atoms with Crippen LogP contribution >= 0.6 is 11.3 Å². The molecule has 1 aromatic heterocycles. The molecule has 1 nitrogen and oxygen atoms in total. The van der Waals surface area contributed by atoms with Gasteiger partial charge in [0, 0.05) is 9.75 Å². The van der Waals surface area contributed by atoms with Crippen LogP contribution in [0, 0.1) is 0 Å². The molecule has 0 saturated carbocycles. The molecule has 2 aromatic rings. The molecule has 0 saturated heterocycles. The van der Waals surface area contributed by atoms with Gasteiger partial charge in [-0.2, -0.15) is 0 Å². The fourth-order valence-corrected chi connectivity index (χ4v) is 4.42. The molecule has 1 aromatic carbocycles. The highest BCUT2D eigenvalue weighted by atomic mass is 32.1. The highest BCUT2D eigenvalue weighted by Gasteiger charge is 2.18. The fourth-order valence-electron chi connectivity index (χ4n) is 3.14. The summed E-state index contributed by atoms with van der Waals surface area (Å²) in [6.07, 6.45) is 8.15. The summed E-state index contributed by atoms with van der Waals surface area (Å²) >= 11 is 1.82. The monoisotopic (exact) mass is 300 g/mol. The second-order valence-corrected chi connectivity index (χ2v) is 7.22. The minimum absolute atomic E-state index is 0.461. The minimum Gasteiger partial charge on any atom is -0.383 e. The second kappa shape index (κ2) is 6.76. The van der Waals surface area contributed by atoms with Gasteiger partial charge in [-0.1, -0.05) is 44.0 Å². The maximum atomic E-state index is 10.6. The molecular weight excluding hydrogens is 276 g/mol. The Morgan fingerprint density at radius 3 is 2.62 bits per heavy atom. The van der Waals surface area contributed by atoms with Crippen molar-refractivity contribution in [1.82, 2.24) is 0 Å². The van der Waals surface area contributed by atoms with Crippen molar-refractivity contribution in [2.75, 3.05) is 0 Å². The Labute approximate surface area is 131 Å². The lowest BCUT2D eigenvalue weighted by atomic mass is 10.0. The summed E-state index contributed by atoms with van der Waals surface area (Å²) in [7, 11) is 0. The van der Waals surface area contributed by atoms with E-state index >= 15 is 0 Å². The molecular formula is C19H24OS. The second-order valence-electron chi connectivity index (χ2n) is 6.05. The molecule has 0 aliphatic heterocycles. The molecule has 1 aliphatic carbocycles. The number of benzene rings is 1. The average Bonchev–Trinajstić information content (AvgIpc) is 2.79. The van der Waals surface area contributed by atoms with Crippen LogP contribution in [0.2, 0.25) is 0 Å². The standard InChI is InChI=1S/C19H24OS/c1-2-6-14-9-11-15(12-10-14)19(20)18-13-16-7-4-3-5-8-17(16)21-18/h9-13,19-20H,2-8H2,1H3. The van der Waals surface area contributed by atoms with Gasteiger partial charge in [-0.3, -0.25) is 0 Å². The molecule has 0 bridgehead atoms. The van der Waals surface area contributed by atoms with Gasteiger partial charge in [-0.25, -0.2) is 0 Å². The summed E-state index contributed by atoms with van der Waals surface area (Å²) < 4.78 is 0. The molecule has 112 valence electrons. The van der Waals surface area contributed by atoms with E-state index in [2.05, 4.69) is 37.3 Å². The molecule has 1 aliphatic rings. The summed E-state index contributed by atoms with van der Waals surface area (Å²) in [6.45, 7) is 2.20. The van der Waals surface area contributed by atoms with E-state index in [0.717, 1.165) is 16.9 Å². The van der Waals surface area contributed by atoms with Crippen LogP contribution in [0.4, 0.5) is 0 Å². The van der Waals surface area contributed by atoms with Crippen LogP contribution in [0.25, 0.3) is 0 Å². The zero-order valence-corrected chi connectivity index (χ0v) is 13.6. The zero-order valence-electron chi connectivity index (χ0n) is 12.8. The van der Waals surface area contributed by atoms with Gasteiger partial charge in [0.05, 0.1) is 0 Å². The first kappa shape index (κ1) is 14.8. The van der Waals surface area contributed by atoms with Crippen molar-refractivity contribution in [3.63, 3.8) is 0 Å². The Bertz CT molecular complexity index is 559. The topological polar surface area (TPSA) is 20.2 Å². The predicted octanol–water partition coefficient (Wildman–Crippen LogP) is 5.05. The molecule has 1 heterocycles. The van der Waals surface area contributed by atoms with Gasteiger partial charge < -0.3 is 5.11 Å². The van der Waals surface area contributed by atoms with E-state index in [1.165, 1.54) is 54.5 Å². The van der Waals surface area contributed by atoms with Crippen LogP contribution in [-0.2, 0) is 19.3 Å². The number of thiophene rings is 1. The molecule has 1 N–H and O–H groups in total. The van der Waals surface area contributed by atoms with Gasteiger partial charge in [0.25, 0.3) is 0 Å². The van der Waals surface area contributed by atoms with Crippen LogP contribution in [0.1, 0.15) is 65.2 Å².